The molecule has 1 fully saturated rings. The number of anilines is 1. The van der Waals surface area contributed by atoms with Gasteiger partial charge in [-0.05, 0) is 6.07 Å². The lowest BCUT2D eigenvalue weighted by Gasteiger charge is -2.27. The molecule has 0 bridgehead atoms. The van der Waals surface area contributed by atoms with Gasteiger partial charge in [-0.1, -0.05) is 18.2 Å². The molecule has 1 aromatic heterocycles. The molecule has 2 aromatic rings. The predicted molar refractivity (Wildman–Crippen MR) is 76.1 cm³/mol. The molecule has 0 atom stereocenters. The van der Waals surface area contributed by atoms with E-state index in [2.05, 4.69) is 5.10 Å². The van der Waals surface area contributed by atoms with Crippen LogP contribution in [0.2, 0.25) is 0 Å². The Hall–Kier alpha value is -2.02. The number of para-hydroxylation sites is 1. The minimum absolute atomic E-state index is 0.0733. The average molecular weight is 293 g/mol. The van der Waals surface area contributed by atoms with Crippen LogP contribution < -0.4 is 10.5 Å². The molecule has 106 valence electrons. The molecule has 2 heterocycles. The van der Waals surface area contributed by atoms with Crippen molar-refractivity contribution in [3.8, 4) is 16.9 Å². The number of aromatic nitrogens is 2. The maximum Gasteiger partial charge on any atom is 0.157 e. The summed E-state index contributed by atoms with van der Waals surface area (Å²) in [6.45, 7) is 0. The number of aryl methyl sites for hydroxylation is 1. The van der Waals surface area contributed by atoms with Gasteiger partial charge in [0.05, 0.1) is 17.7 Å². The van der Waals surface area contributed by atoms with Gasteiger partial charge in [-0.3, -0.25) is 4.68 Å². The van der Waals surface area contributed by atoms with Crippen molar-refractivity contribution in [3.63, 3.8) is 0 Å². The summed E-state index contributed by atoms with van der Waals surface area (Å²) in [6, 6.07) is 7.42. The molecule has 0 unspecified atom stereocenters. The summed E-state index contributed by atoms with van der Waals surface area (Å²) >= 11 is 0. The summed E-state index contributed by atoms with van der Waals surface area (Å²) in [5.41, 5.74) is 7.58. The van der Waals surface area contributed by atoms with E-state index in [1.54, 1.807) is 17.9 Å². The zero-order chi connectivity index (χ0) is 14.3. The molecule has 20 heavy (non-hydrogen) atoms. The van der Waals surface area contributed by atoms with E-state index in [-0.39, 0.29) is 17.6 Å². The average Bonchev–Trinajstić information content (AvgIpc) is 2.69. The maximum atomic E-state index is 11.2. The number of nitrogens with zero attached hydrogens (tertiary/aromatic N) is 2. The third-order valence-corrected chi connectivity index (χ3v) is 5.09. The third kappa shape index (κ3) is 2.24. The molecule has 0 aliphatic carbocycles. The molecule has 0 radical (unpaired) electrons. The zero-order valence-corrected chi connectivity index (χ0v) is 11.8. The van der Waals surface area contributed by atoms with E-state index in [1.165, 1.54) is 0 Å². The Labute approximate surface area is 117 Å². The number of benzene rings is 1. The smallest absolute Gasteiger partial charge is 0.157 e. The van der Waals surface area contributed by atoms with Crippen molar-refractivity contribution in [1.29, 1.82) is 0 Å². The zero-order valence-electron chi connectivity index (χ0n) is 11.0. The minimum atomic E-state index is -2.90. The largest absolute Gasteiger partial charge is 0.488 e. The molecule has 3 rings (SSSR count). The monoisotopic (exact) mass is 293 g/mol. The van der Waals surface area contributed by atoms with Crippen LogP contribution >= 0.6 is 0 Å². The van der Waals surface area contributed by atoms with Crippen LogP contribution in [0.5, 0.6) is 5.75 Å². The van der Waals surface area contributed by atoms with Gasteiger partial charge in [0, 0.05) is 18.2 Å². The van der Waals surface area contributed by atoms with Crippen LogP contribution in [0.25, 0.3) is 11.1 Å². The fraction of sp³-hybridized carbons (Fsp3) is 0.308. The SMILES string of the molecule is Cn1ncc(-c2ccccc2OC2CS(=O)(=O)C2)c1N. The van der Waals surface area contributed by atoms with Crippen LogP contribution in [0.15, 0.2) is 30.5 Å². The second-order valence-electron chi connectivity index (χ2n) is 4.88. The van der Waals surface area contributed by atoms with Crippen molar-refractivity contribution in [2.24, 2.45) is 7.05 Å². The van der Waals surface area contributed by atoms with Crippen LogP contribution in [0, 0.1) is 0 Å². The van der Waals surface area contributed by atoms with Crippen molar-refractivity contribution >= 4 is 15.7 Å². The van der Waals surface area contributed by atoms with Crippen molar-refractivity contribution in [3.05, 3.63) is 30.5 Å². The number of sulfone groups is 1. The quantitative estimate of drug-likeness (QED) is 0.906. The Morgan fingerprint density at radius 1 is 1.30 bits per heavy atom. The number of nitrogen functional groups attached to an aromatic ring is 1. The summed E-state index contributed by atoms with van der Waals surface area (Å²) in [5, 5.41) is 4.11. The second-order valence-corrected chi connectivity index (χ2v) is 7.03. The van der Waals surface area contributed by atoms with Crippen LogP contribution in [0.1, 0.15) is 0 Å². The summed E-state index contributed by atoms with van der Waals surface area (Å²) in [4.78, 5) is 0. The minimum Gasteiger partial charge on any atom is -0.488 e. The van der Waals surface area contributed by atoms with E-state index in [0.717, 1.165) is 11.1 Å². The van der Waals surface area contributed by atoms with Gasteiger partial charge in [-0.15, -0.1) is 0 Å². The normalized spacial score (nSPS) is 17.6. The van der Waals surface area contributed by atoms with Crippen LogP contribution in [0.4, 0.5) is 5.82 Å². The third-order valence-electron chi connectivity index (χ3n) is 3.34. The highest BCUT2D eigenvalue weighted by molar-refractivity contribution is 7.92. The van der Waals surface area contributed by atoms with E-state index in [1.807, 2.05) is 24.3 Å². The first-order valence-electron chi connectivity index (χ1n) is 6.20. The molecule has 1 saturated heterocycles. The molecule has 1 aliphatic rings. The number of ether oxygens (including phenoxy) is 1. The van der Waals surface area contributed by atoms with Gasteiger partial charge in [0.1, 0.15) is 17.7 Å². The van der Waals surface area contributed by atoms with Crippen molar-refractivity contribution in [2.45, 2.75) is 6.10 Å². The first-order valence-corrected chi connectivity index (χ1v) is 8.02. The van der Waals surface area contributed by atoms with Crippen LogP contribution in [0.3, 0.4) is 0 Å². The first-order chi connectivity index (χ1) is 9.46. The van der Waals surface area contributed by atoms with Crippen molar-refractivity contribution < 1.29 is 13.2 Å². The predicted octanol–water partition coefficient (Wildman–Crippen LogP) is 0.845. The van der Waals surface area contributed by atoms with Gasteiger partial charge in [-0.2, -0.15) is 5.10 Å². The fourth-order valence-electron chi connectivity index (χ4n) is 2.21. The van der Waals surface area contributed by atoms with Gasteiger partial charge in [0.25, 0.3) is 0 Å². The van der Waals surface area contributed by atoms with E-state index in [4.69, 9.17) is 10.5 Å². The van der Waals surface area contributed by atoms with Gasteiger partial charge >= 0.3 is 0 Å². The summed E-state index contributed by atoms with van der Waals surface area (Å²) in [5.74, 6) is 1.32. The van der Waals surface area contributed by atoms with E-state index >= 15 is 0 Å². The number of hydrogen-bond donors (Lipinski definition) is 1. The van der Waals surface area contributed by atoms with Gasteiger partial charge in [0.2, 0.25) is 0 Å². The van der Waals surface area contributed by atoms with Gasteiger partial charge in [0.15, 0.2) is 9.84 Å². The molecule has 0 amide bonds. The fourth-order valence-corrected chi connectivity index (χ4v) is 3.38. The molecule has 1 aliphatic heterocycles. The van der Waals surface area contributed by atoms with Gasteiger partial charge in [-0.25, -0.2) is 8.42 Å². The highest BCUT2D eigenvalue weighted by Crippen LogP contribution is 2.34. The lowest BCUT2D eigenvalue weighted by molar-refractivity contribution is 0.231. The Bertz CT molecular complexity index is 740. The Morgan fingerprint density at radius 2 is 2.00 bits per heavy atom. The highest BCUT2D eigenvalue weighted by Gasteiger charge is 2.35. The molecule has 7 heteroatoms. The van der Waals surface area contributed by atoms with E-state index < -0.39 is 9.84 Å². The number of nitrogens with two attached hydrogens (primary N) is 1. The molecule has 0 saturated carbocycles. The van der Waals surface area contributed by atoms with Gasteiger partial charge < -0.3 is 10.5 Å². The lowest BCUT2D eigenvalue weighted by atomic mass is 10.1. The molecule has 0 spiro atoms. The van der Waals surface area contributed by atoms with E-state index in [0.29, 0.717) is 11.6 Å². The molecular weight excluding hydrogens is 278 g/mol. The number of hydrogen-bond acceptors (Lipinski definition) is 5. The molecular formula is C13H15N3O3S. The van der Waals surface area contributed by atoms with Crippen molar-refractivity contribution in [2.75, 3.05) is 17.2 Å². The Kier molecular flexibility index (Phi) is 2.93. The molecule has 6 nitrogen and oxygen atoms in total. The van der Waals surface area contributed by atoms with Crippen LogP contribution in [-0.2, 0) is 16.9 Å². The first kappa shape index (κ1) is 13.0. The summed E-state index contributed by atoms with van der Waals surface area (Å²) < 4.78 is 29.7. The second kappa shape index (κ2) is 4.52. The highest BCUT2D eigenvalue weighted by atomic mass is 32.2. The maximum absolute atomic E-state index is 11.2. The van der Waals surface area contributed by atoms with Crippen LogP contribution in [-0.4, -0.2) is 35.8 Å². The topological polar surface area (TPSA) is 87.2 Å². The molecule has 2 N–H and O–H groups in total. The lowest BCUT2D eigenvalue weighted by Crippen LogP contribution is -2.45. The molecule has 1 aromatic carbocycles. The van der Waals surface area contributed by atoms with E-state index in [9.17, 15) is 8.42 Å². The Balaban J connectivity index is 1.91. The summed E-state index contributed by atoms with van der Waals surface area (Å²) in [7, 11) is -1.13. The number of rotatable bonds is 3. The van der Waals surface area contributed by atoms with Crippen molar-refractivity contribution in [1.82, 2.24) is 9.78 Å². The Morgan fingerprint density at radius 3 is 2.60 bits per heavy atom. The standard InChI is InChI=1S/C13H15N3O3S/c1-16-13(14)11(6-15-16)10-4-2-3-5-12(10)19-9-7-20(17,18)8-9/h2-6,9H,7-8,14H2,1H3. The summed E-state index contributed by atoms with van der Waals surface area (Å²) in [6.07, 6.45) is 1.40.